The Hall–Kier alpha value is -1.69. The van der Waals surface area contributed by atoms with Gasteiger partial charge in [0, 0.05) is 0 Å². The quantitative estimate of drug-likeness (QED) is 0.851. The monoisotopic (exact) mass is 242 g/mol. The summed E-state index contributed by atoms with van der Waals surface area (Å²) in [6.45, 7) is 0. The second kappa shape index (κ2) is 3.41. The average Bonchev–Trinajstić information content (AvgIpc) is 2.40. The first-order chi connectivity index (χ1) is 7.41. The van der Waals surface area contributed by atoms with Gasteiger partial charge in [0.1, 0.15) is 5.82 Å². The third kappa shape index (κ3) is 1.61. The molecule has 84 valence electrons. The van der Waals surface area contributed by atoms with Gasteiger partial charge in [-0.05, 0) is 23.8 Å². The third-order valence-corrected chi connectivity index (χ3v) is 4.14. The summed E-state index contributed by atoms with van der Waals surface area (Å²) in [5.41, 5.74) is 0.331. The zero-order chi connectivity index (χ0) is 11.9. The molecule has 6 heteroatoms. The lowest BCUT2D eigenvalue weighted by Gasteiger charge is -2.00. The molecular weight excluding hydrogens is 235 g/mol. The Bertz CT molecular complexity index is 601. The van der Waals surface area contributed by atoms with Gasteiger partial charge >= 0.3 is 5.97 Å². The summed E-state index contributed by atoms with van der Waals surface area (Å²) in [4.78, 5) is 10.1. The van der Waals surface area contributed by atoms with Crippen molar-refractivity contribution in [2.45, 2.75) is 11.3 Å². The molecule has 0 radical (unpaired) electrons. The second-order valence-corrected chi connectivity index (χ2v) is 5.34. The van der Waals surface area contributed by atoms with Crippen molar-refractivity contribution in [2.75, 3.05) is 0 Å². The van der Waals surface area contributed by atoms with Gasteiger partial charge in [-0.2, -0.15) is 0 Å². The van der Waals surface area contributed by atoms with Gasteiger partial charge in [0.05, 0.1) is 16.2 Å². The van der Waals surface area contributed by atoms with E-state index in [2.05, 4.69) is 0 Å². The molecule has 0 bridgehead atoms. The molecule has 1 N–H and O–H groups in total. The predicted molar refractivity (Wildman–Crippen MR) is 53.8 cm³/mol. The molecular formula is C10H7FO4S. The van der Waals surface area contributed by atoms with Crippen molar-refractivity contribution in [1.29, 1.82) is 0 Å². The van der Waals surface area contributed by atoms with E-state index in [9.17, 15) is 17.6 Å². The Morgan fingerprint density at radius 3 is 2.69 bits per heavy atom. The highest BCUT2D eigenvalue weighted by molar-refractivity contribution is 7.95. The second-order valence-electron chi connectivity index (χ2n) is 3.37. The van der Waals surface area contributed by atoms with Crippen LogP contribution in [-0.4, -0.2) is 19.5 Å². The lowest BCUT2D eigenvalue weighted by atomic mass is 10.2. The first kappa shape index (κ1) is 10.8. The number of rotatable bonds is 2. The number of hydrogen-bond acceptors (Lipinski definition) is 3. The molecule has 1 aliphatic heterocycles. The minimum absolute atomic E-state index is 0.163. The molecule has 0 unspecified atom stereocenters. The van der Waals surface area contributed by atoms with E-state index in [1.165, 1.54) is 12.1 Å². The SMILES string of the molecule is O=C(O)CC1=Cc2ccc(F)cc2S1(=O)=O. The van der Waals surface area contributed by atoms with Crippen LogP contribution < -0.4 is 0 Å². The maximum absolute atomic E-state index is 12.9. The smallest absolute Gasteiger partial charge is 0.308 e. The van der Waals surface area contributed by atoms with Crippen molar-refractivity contribution in [3.63, 3.8) is 0 Å². The molecule has 0 spiro atoms. The van der Waals surface area contributed by atoms with Gasteiger partial charge in [-0.3, -0.25) is 4.79 Å². The van der Waals surface area contributed by atoms with Crippen molar-refractivity contribution in [3.8, 4) is 0 Å². The van der Waals surface area contributed by atoms with Crippen molar-refractivity contribution < 1.29 is 22.7 Å². The lowest BCUT2D eigenvalue weighted by Crippen LogP contribution is -2.05. The molecule has 0 saturated carbocycles. The number of aliphatic carboxylic acids is 1. The fraction of sp³-hybridized carbons (Fsp3) is 0.100. The standard InChI is InChI=1S/C10H7FO4S/c11-7-2-1-6-3-8(5-10(12)13)16(14,15)9(6)4-7/h1-4H,5H2,(H,12,13). The summed E-state index contributed by atoms with van der Waals surface area (Å²) in [5.74, 6) is -1.89. The molecule has 4 nitrogen and oxygen atoms in total. The molecule has 0 aromatic heterocycles. The van der Waals surface area contributed by atoms with Gasteiger partial charge in [-0.25, -0.2) is 12.8 Å². The largest absolute Gasteiger partial charge is 0.481 e. The summed E-state index contributed by atoms with van der Waals surface area (Å²) in [6, 6.07) is 3.35. The van der Waals surface area contributed by atoms with Gasteiger partial charge in [0.25, 0.3) is 0 Å². The molecule has 0 aliphatic carbocycles. The van der Waals surface area contributed by atoms with Gasteiger partial charge in [-0.1, -0.05) is 6.07 Å². The van der Waals surface area contributed by atoms with Gasteiger partial charge in [0.2, 0.25) is 9.84 Å². The highest BCUT2D eigenvalue weighted by Crippen LogP contribution is 2.34. The van der Waals surface area contributed by atoms with Crippen molar-refractivity contribution in [3.05, 3.63) is 34.5 Å². The molecule has 0 fully saturated rings. The molecule has 1 aliphatic rings. The van der Waals surface area contributed by atoms with Crippen LogP contribution in [0.4, 0.5) is 4.39 Å². The Kier molecular flexibility index (Phi) is 2.31. The first-order valence-electron chi connectivity index (χ1n) is 4.38. The number of fused-ring (bicyclic) bond motifs is 1. The topological polar surface area (TPSA) is 71.4 Å². The number of carboxylic acids is 1. The number of sulfone groups is 1. The van der Waals surface area contributed by atoms with Crippen molar-refractivity contribution in [1.82, 2.24) is 0 Å². The number of carboxylic acid groups (broad SMARTS) is 1. The Morgan fingerprint density at radius 2 is 2.06 bits per heavy atom. The van der Waals surface area contributed by atoms with Gasteiger partial charge < -0.3 is 5.11 Å². The van der Waals surface area contributed by atoms with Crippen LogP contribution in [0.2, 0.25) is 0 Å². The van der Waals surface area contributed by atoms with E-state index >= 15 is 0 Å². The van der Waals surface area contributed by atoms with E-state index in [1.54, 1.807) is 0 Å². The summed E-state index contributed by atoms with van der Waals surface area (Å²) >= 11 is 0. The zero-order valence-corrected chi connectivity index (χ0v) is 8.79. The van der Waals surface area contributed by atoms with Crippen LogP contribution in [0.5, 0.6) is 0 Å². The number of carbonyl (C=O) groups is 1. The van der Waals surface area contributed by atoms with E-state index in [-0.39, 0.29) is 9.80 Å². The van der Waals surface area contributed by atoms with Crippen LogP contribution in [0.25, 0.3) is 6.08 Å². The van der Waals surface area contributed by atoms with Crippen LogP contribution >= 0.6 is 0 Å². The zero-order valence-electron chi connectivity index (χ0n) is 7.97. The highest BCUT2D eigenvalue weighted by Gasteiger charge is 2.31. The molecule has 1 aromatic carbocycles. The lowest BCUT2D eigenvalue weighted by molar-refractivity contribution is -0.136. The van der Waals surface area contributed by atoms with Crippen molar-refractivity contribution >= 4 is 21.9 Å². The summed E-state index contributed by atoms with van der Waals surface area (Å²) in [7, 11) is -3.82. The van der Waals surface area contributed by atoms with Crippen LogP contribution in [0.3, 0.4) is 0 Å². The molecule has 1 aromatic rings. The number of benzene rings is 1. The van der Waals surface area contributed by atoms with Crippen LogP contribution in [0, 0.1) is 5.82 Å². The molecule has 1 heterocycles. The van der Waals surface area contributed by atoms with E-state index in [0.717, 1.165) is 12.1 Å². The van der Waals surface area contributed by atoms with E-state index in [0.29, 0.717) is 5.56 Å². The van der Waals surface area contributed by atoms with Gasteiger partial charge in [-0.15, -0.1) is 0 Å². The van der Waals surface area contributed by atoms with E-state index in [1.807, 2.05) is 0 Å². The van der Waals surface area contributed by atoms with Crippen molar-refractivity contribution in [2.24, 2.45) is 0 Å². The molecule has 0 saturated heterocycles. The molecule has 0 atom stereocenters. The summed E-state index contributed by atoms with van der Waals surface area (Å²) in [6.07, 6.45) is 0.677. The molecule has 16 heavy (non-hydrogen) atoms. The predicted octanol–water partition coefficient (Wildman–Crippen LogP) is 1.43. The summed E-state index contributed by atoms with van der Waals surface area (Å²) < 4.78 is 36.4. The fourth-order valence-electron chi connectivity index (χ4n) is 1.55. The van der Waals surface area contributed by atoms with E-state index in [4.69, 9.17) is 5.11 Å². The molecule has 0 amide bonds. The molecule has 2 rings (SSSR count). The van der Waals surface area contributed by atoms with Crippen LogP contribution in [0.1, 0.15) is 12.0 Å². The fourth-order valence-corrected chi connectivity index (χ4v) is 3.13. The number of hydrogen-bond donors (Lipinski definition) is 1. The Morgan fingerprint density at radius 1 is 1.38 bits per heavy atom. The number of halogens is 1. The Labute approximate surface area is 90.9 Å². The normalized spacial score (nSPS) is 16.7. The maximum Gasteiger partial charge on any atom is 0.308 e. The van der Waals surface area contributed by atoms with Crippen LogP contribution in [-0.2, 0) is 14.6 Å². The van der Waals surface area contributed by atoms with E-state index < -0.39 is 28.0 Å². The third-order valence-electron chi connectivity index (χ3n) is 2.25. The summed E-state index contributed by atoms with van der Waals surface area (Å²) in [5, 5.41) is 8.56. The average molecular weight is 242 g/mol. The minimum Gasteiger partial charge on any atom is -0.481 e. The highest BCUT2D eigenvalue weighted by atomic mass is 32.2. The minimum atomic E-state index is -3.82. The van der Waals surface area contributed by atoms with Gasteiger partial charge in [0.15, 0.2) is 0 Å². The maximum atomic E-state index is 12.9. The Balaban J connectivity index is 2.56. The first-order valence-corrected chi connectivity index (χ1v) is 5.86. The van der Waals surface area contributed by atoms with Crippen LogP contribution in [0.15, 0.2) is 28.0 Å².